The van der Waals surface area contributed by atoms with Gasteiger partial charge in [0.1, 0.15) is 0 Å². The Bertz CT molecular complexity index is 860. The van der Waals surface area contributed by atoms with Gasteiger partial charge in [0.2, 0.25) is 10.0 Å². The van der Waals surface area contributed by atoms with Crippen LogP contribution in [0.25, 0.3) is 0 Å². The number of halogens is 3. The minimum Gasteiger partial charge on any atom is -0.378 e. The molecule has 0 saturated carbocycles. The maximum atomic E-state index is 12.6. The van der Waals surface area contributed by atoms with E-state index >= 15 is 0 Å². The number of hydrogen-bond donors (Lipinski definition) is 1. The molecule has 1 aliphatic rings. The van der Waals surface area contributed by atoms with E-state index in [4.69, 9.17) is 4.74 Å². The second-order valence-electron chi connectivity index (χ2n) is 6.11. The van der Waals surface area contributed by atoms with Crippen LogP contribution in [-0.2, 0) is 27.5 Å². The fraction of sp³-hybridized carbons (Fsp3) is 0.333. The van der Waals surface area contributed by atoms with Crippen molar-refractivity contribution in [3.63, 3.8) is 0 Å². The highest BCUT2D eigenvalue weighted by molar-refractivity contribution is 7.89. The molecule has 0 aromatic heterocycles. The van der Waals surface area contributed by atoms with E-state index in [0.717, 1.165) is 48.6 Å². The maximum absolute atomic E-state index is 12.6. The van der Waals surface area contributed by atoms with Gasteiger partial charge in [-0.3, -0.25) is 0 Å². The summed E-state index contributed by atoms with van der Waals surface area (Å²) in [6.45, 7) is 3.01. The highest BCUT2D eigenvalue weighted by atomic mass is 32.2. The number of nitrogens with zero attached hydrogens (tertiary/aromatic N) is 1. The second-order valence-corrected chi connectivity index (χ2v) is 7.88. The van der Waals surface area contributed by atoms with E-state index in [1.54, 1.807) is 0 Å². The third-order valence-electron chi connectivity index (χ3n) is 4.27. The van der Waals surface area contributed by atoms with Gasteiger partial charge in [0.25, 0.3) is 0 Å². The lowest BCUT2D eigenvalue weighted by Gasteiger charge is -2.28. The molecule has 2 aromatic carbocycles. The molecule has 5 nitrogen and oxygen atoms in total. The minimum absolute atomic E-state index is 0.0484. The molecule has 0 bridgehead atoms. The molecule has 1 aliphatic heterocycles. The first-order valence-electron chi connectivity index (χ1n) is 8.34. The molecule has 0 radical (unpaired) electrons. The first kappa shape index (κ1) is 19.7. The van der Waals surface area contributed by atoms with Crippen molar-refractivity contribution < 1.29 is 26.3 Å². The molecule has 146 valence electrons. The molecule has 9 heteroatoms. The predicted octanol–water partition coefficient (Wildman–Crippen LogP) is 3.02. The maximum Gasteiger partial charge on any atom is 0.416 e. The summed E-state index contributed by atoms with van der Waals surface area (Å²) >= 11 is 0. The summed E-state index contributed by atoms with van der Waals surface area (Å²) in [5, 5.41) is 0. The summed E-state index contributed by atoms with van der Waals surface area (Å²) < 4.78 is 70.0. The van der Waals surface area contributed by atoms with Crippen LogP contribution in [0.2, 0.25) is 0 Å². The van der Waals surface area contributed by atoms with Crippen molar-refractivity contribution in [1.29, 1.82) is 0 Å². The van der Waals surface area contributed by atoms with E-state index < -0.39 is 21.8 Å². The lowest BCUT2D eigenvalue weighted by Crippen LogP contribution is -2.36. The topological polar surface area (TPSA) is 58.6 Å². The van der Waals surface area contributed by atoms with Crippen LogP contribution in [0.3, 0.4) is 0 Å². The van der Waals surface area contributed by atoms with Gasteiger partial charge in [-0.05, 0) is 42.0 Å². The molecule has 27 heavy (non-hydrogen) atoms. The smallest absolute Gasteiger partial charge is 0.378 e. The number of sulfonamides is 1. The van der Waals surface area contributed by atoms with Crippen LogP contribution >= 0.6 is 0 Å². The van der Waals surface area contributed by atoms with Crippen molar-refractivity contribution in [2.45, 2.75) is 17.6 Å². The average Bonchev–Trinajstić information content (AvgIpc) is 2.67. The molecule has 3 rings (SSSR count). The van der Waals surface area contributed by atoms with Crippen LogP contribution in [0.4, 0.5) is 18.9 Å². The third-order valence-corrected chi connectivity index (χ3v) is 5.69. The molecule has 1 saturated heterocycles. The molecular formula is C18H19F3N2O3S. The van der Waals surface area contributed by atoms with E-state index in [-0.39, 0.29) is 11.4 Å². The molecule has 0 unspecified atom stereocenters. The van der Waals surface area contributed by atoms with Gasteiger partial charge in [-0.25, -0.2) is 13.1 Å². The number of hydrogen-bond acceptors (Lipinski definition) is 4. The Morgan fingerprint density at radius 1 is 0.963 bits per heavy atom. The Morgan fingerprint density at radius 2 is 1.56 bits per heavy atom. The van der Waals surface area contributed by atoms with E-state index in [2.05, 4.69) is 9.62 Å². The van der Waals surface area contributed by atoms with Crippen molar-refractivity contribution in [2.75, 3.05) is 31.2 Å². The number of ether oxygens (including phenoxy) is 1. The van der Waals surface area contributed by atoms with E-state index in [0.29, 0.717) is 13.2 Å². The summed E-state index contributed by atoms with van der Waals surface area (Å²) in [4.78, 5) is 1.97. The largest absolute Gasteiger partial charge is 0.416 e. The van der Waals surface area contributed by atoms with Crippen molar-refractivity contribution in [3.05, 3.63) is 59.7 Å². The molecule has 2 aromatic rings. The van der Waals surface area contributed by atoms with Crippen molar-refractivity contribution >= 4 is 15.7 Å². The molecule has 1 fully saturated rings. The zero-order valence-electron chi connectivity index (χ0n) is 14.4. The van der Waals surface area contributed by atoms with Crippen LogP contribution in [0.1, 0.15) is 11.1 Å². The summed E-state index contributed by atoms with van der Waals surface area (Å²) in [5.41, 5.74) is 0.898. The second kappa shape index (κ2) is 7.87. The lowest BCUT2D eigenvalue weighted by molar-refractivity contribution is -0.137. The summed E-state index contributed by atoms with van der Waals surface area (Å²) in [7, 11) is -3.90. The normalized spacial score (nSPS) is 15.7. The highest BCUT2D eigenvalue weighted by Gasteiger charge is 2.30. The Balaban J connectivity index is 1.63. The summed E-state index contributed by atoms with van der Waals surface area (Å²) in [6, 6.07) is 10.9. The number of morpholine rings is 1. The van der Waals surface area contributed by atoms with Gasteiger partial charge in [-0.1, -0.05) is 12.1 Å². The van der Waals surface area contributed by atoms with Crippen LogP contribution in [0, 0.1) is 0 Å². The Hall–Kier alpha value is -2.10. The van der Waals surface area contributed by atoms with Crippen LogP contribution in [0.15, 0.2) is 53.4 Å². The highest BCUT2D eigenvalue weighted by Crippen LogP contribution is 2.29. The lowest BCUT2D eigenvalue weighted by atomic mass is 10.2. The van der Waals surface area contributed by atoms with Gasteiger partial charge >= 0.3 is 6.18 Å². The predicted molar refractivity (Wildman–Crippen MR) is 94.9 cm³/mol. The number of anilines is 1. The third kappa shape index (κ3) is 5.00. The number of alkyl halides is 3. The standard InChI is InChI=1S/C18H19F3N2O3S/c19-18(20,21)15-3-7-17(8-4-15)27(24,25)22-13-14-1-5-16(6-2-14)23-9-11-26-12-10-23/h1-8,22H,9-13H2. The van der Waals surface area contributed by atoms with Crippen molar-refractivity contribution in [1.82, 2.24) is 4.72 Å². The van der Waals surface area contributed by atoms with Gasteiger partial charge in [-0.2, -0.15) is 13.2 Å². The molecule has 0 atom stereocenters. The Labute approximate surface area is 155 Å². The van der Waals surface area contributed by atoms with E-state index in [9.17, 15) is 21.6 Å². The average molecular weight is 400 g/mol. The van der Waals surface area contributed by atoms with Gasteiger partial charge in [-0.15, -0.1) is 0 Å². The fourth-order valence-electron chi connectivity index (χ4n) is 2.73. The van der Waals surface area contributed by atoms with Gasteiger partial charge in [0.05, 0.1) is 23.7 Å². The van der Waals surface area contributed by atoms with Crippen LogP contribution < -0.4 is 9.62 Å². The number of benzene rings is 2. The molecule has 0 aliphatic carbocycles. The zero-order chi connectivity index (χ0) is 19.5. The zero-order valence-corrected chi connectivity index (χ0v) is 15.2. The minimum atomic E-state index is -4.50. The Kier molecular flexibility index (Phi) is 5.73. The van der Waals surface area contributed by atoms with Crippen molar-refractivity contribution in [2.24, 2.45) is 0 Å². The van der Waals surface area contributed by atoms with Gasteiger partial charge in [0, 0.05) is 25.3 Å². The first-order valence-corrected chi connectivity index (χ1v) is 9.82. The van der Waals surface area contributed by atoms with Crippen LogP contribution in [-0.4, -0.2) is 34.7 Å². The van der Waals surface area contributed by atoms with Gasteiger partial charge in [0.15, 0.2) is 0 Å². The first-order chi connectivity index (χ1) is 12.8. The number of rotatable bonds is 5. The molecule has 1 heterocycles. The SMILES string of the molecule is O=S(=O)(NCc1ccc(N2CCOCC2)cc1)c1ccc(C(F)(F)F)cc1. The fourth-order valence-corrected chi connectivity index (χ4v) is 3.75. The van der Waals surface area contributed by atoms with Gasteiger partial charge < -0.3 is 9.64 Å². The molecule has 1 N–H and O–H groups in total. The van der Waals surface area contributed by atoms with Crippen LogP contribution in [0.5, 0.6) is 0 Å². The summed E-state index contributed by atoms with van der Waals surface area (Å²) in [5.74, 6) is 0. The van der Waals surface area contributed by atoms with E-state index in [1.807, 2.05) is 24.3 Å². The number of nitrogens with one attached hydrogen (secondary N) is 1. The molecule has 0 amide bonds. The summed E-state index contributed by atoms with van der Waals surface area (Å²) in [6.07, 6.45) is -4.50. The molecular weight excluding hydrogens is 381 g/mol. The van der Waals surface area contributed by atoms with E-state index in [1.165, 1.54) is 0 Å². The monoisotopic (exact) mass is 400 g/mol. The molecule has 0 spiro atoms. The van der Waals surface area contributed by atoms with Crippen molar-refractivity contribution in [3.8, 4) is 0 Å². The quantitative estimate of drug-likeness (QED) is 0.838. The Morgan fingerprint density at radius 3 is 2.11 bits per heavy atom.